The van der Waals surface area contributed by atoms with Crippen molar-refractivity contribution in [2.45, 2.75) is 44.1 Å². The monoisotopic (exact) mass is 426 g/mol. The number of fused-ring (bicyclic) bond motifs is 1. The Morgan fingerprint density at radius 2 is 1.74 bits per heavy atom. The molecule has 0 saturated carbocycles. The number of hydrogen-bond acceptors (Lipinski definition) is 8. The van der Waals surface area contributed by atoms with Crippen LogP contribution in [0.3, 0.4) is 0 Å². The van der Waals surface area contributed by atoms with Gasteiger partial charge in [0.15, 0.2) is 5.43 Å². The summed E-state index contributed by atoms with van der Waals surface area (Å²) >= 11 is 0. The average molecular weight is 426 g/mol. The highest BCUT2D eigenvalue weighted by Crippen LogP contribution is 2.29. The molecule has 1 aliphatic heterocycles. The molecule has 1 aliphatic rings. The number of ether oxygens (including phenoxy) is 2. The normalized spacial score (nSPS) is 26.0. The molecule has 4 rings (SSSR count). The van der Waals surface area contributed by atoms with Gasteiger partial charge in [0.25, 0.3) is 0 Å². The van der Waals surface area contributed by atoms with E-state index < -0.39 is 30.7 Å². The number of ketones is 1. The smallest absolute Gasteiger partial charge is 0.229 e. The maximum absolute atomic E-state index is 12.5. The molecule has 2 aromatic carbocycles. The number of aliphatic hydroxyl groups is 3. The van der Waals surface area contributed by atoms with E-state index in [0.717, 1.165) is 5.56 Å². The van der Waals surface area contributed by atoms with Crippen molar-refractivity contribution in [2.24, 2.45) is 0 Å². The molecular weight excluding hydrogens is 404 g/mol. The summed E-state index contributed by atoms with van der Waals surface area (Å²) in [6, 6.07) is 15.1. The number of rotatable bonds is 5. The van der Waals surface area contributed by atoms with Gasteiger partial charge in [0.1, 0.15) is 41.2 Å². The minimum atomic E-state index is -1.55. The largest absolute Gasteiger partial charge is 0.462 e. The third kappa shape index (κ3) is 4.38. The van der Waals surface area contributed by atoms with Gasteiger partial charge < -0.3 is 29.2 Å². The highest BCUT2D eigenvalue weighted by Gasteiger charge is 2.45. The lowest BCUT2D eigenvalue weighted by molar-refractivity contribution is -0.272. The van der Waals surface area contributed by atoms with Crippen molar-refractivity contribution in [2.75, 3.05) is 0 Å². The summed E-state index contributed by atoms with van der Waals surface area (Å²) in [5.74, 6) is 0.367. The van der Waals surface area contributed by atoms with Gasteiger partial charge in [-0.1, -0.05) is 30.3 Å². The van der Waals surface area contributed by atoms with Crippen molar-refractivity contribution in [1.82, 2.24) is 0 Å². The summed E-state index contributed by atoms with van der Waals surface area (Å²) in [4.78, 5) is 23.9. The molecule has 8 heteroatoms. The Morgan fingerprint density at radius 1 is 1.00 bits per heavy atom. The highest BCUT2D eigenvalue weighted by atomic mass is 16.7. The molecule has 0 amide bonds. The molecule has 1 saturated heterocycles. The Labute approximate surface area is 177 Å². The predicted molar refractivity (Wildman–Crippen MR) is 111 cm³/mol. The molecule has 5 atom stereocenters. The predicted octanol–water partition coefficient (Wildman–Crippen LogP) is 1.63. The highest BCUT2D eigenvalue weighted by molar-refractivity contribution is 5.80. The van der Waals surface area contributed by atoms with Gasteiger partial charge in [-0.25, -0.2) is 0 Å². The van der Waals surface area contributed by atoms with Crippen molar-refractivity contribution in [3.05, 3.63) is 64.8 Å². The molecule has 0 radical (unpaired) electrons. The first-order valence-corrected chi connectivity index (χ1v) is 9.82. The molecule has 3 N–H and O–H groups in total. The first-order valence-electron chi connectivity index (χ1n) is 9.82. The Morgan fingerprint density at radius 3 is 2.45 bits per heavy atom. The average Bonchev–Trinajstić information content (AvgIpc) is 2.75. The van der Waals surface area contributed by atoms with E-state index in [0.29, 0.717) is 11.1 Å². The number of carbonyl (C=O) groups is 1. The summed E-state index contributed by atoms with van der Waals surface area (Å²) in [5, 5.41) is 30.8. The summed E-state index contributed by atoms with van der Waals surface area (Å²) in [6.07, 6.45) is -7.02. The lowest BCUT2D eigenvalue weighted by atomic mass is 9.96. The zero-order valence-electron chi connectivity index (χ0n) is 16.7. The molecule has 0 spiro atoms. The van der Waals surface area contributed by atoms with Crippen LogP contribution in [0.5, 0.6) is 5.75 Å². The minimum absolute atomic E-state index is 0.141. The topological polar surface area (TPSA) is 126 Å². The van der Waals surface area contributed by atoms with Crippen LogP contribution in [0.1, 0.15) is 13.3 Å². The fourth-order valence-corrected chi connectivity index (χ4v) is 3.55. The van der Waals surface area contributed by atoms with Crippen LogP contribution in [-0.2, 0) is 9.53 Å². The fourth-order valence-electron chi connectivity index (χ4n) is 3.55. The Hall–Kier alpha value is -3.04. The Bertz CT molecular complexity index is 1140. The van der Waals surface area contributed by atoms with Crippen molar-refractivity contribution < 1.29 is 34.0 Å². The van der Waals surface area contributed by atoms with Gasteiger partial charge in [0.05, 0.1) is 11.5 Å². The maximum Gasteiger partial charge on any atom is 0.229 e. The van der Waals surface area contributed by atoms with Gasteiger partial charge in [0.2, 0.25) is 6.29 Å². The van der Waals surface area contributed by atoms with Crippen LogP contribution in [0.25, 0.3) is 22.3 Å². The fraction of sp³-hybridized carbons (Fsp3) is 0.304. The zero-order chi connectivity index (χ0) is 22.1. The van der Waals surface area contributed by atoms with Crippen molar-refractivity contribution >= 4 is 16.8 Å². The third-order valence-corrected chi connectivity index (χ3v) is 5.17. The van der Waals surface area contributed by atoms with Crippen LogP contribution in [0.2, 0.25) is 0 Å². The van der Waals surface area contributed by atoms with Crippen LogP contribution >= 0.6 is 0 Å². The number of benzene rings is 2. The molecule has 0 bridgehead atoms. The number of carbonyl (C=O) groups excluding carboxylic acids is 1. The first-order chi connectivity index (χ1) is 14.8. The zero-order valence-corrected chi connectivity index (χ0v) is 16.7. The molecule has 8 nitrogen and oxygen atoms in total. The van der Waals surface area contributed by atoms with E-state index in [1.165, 1.54) is 31.2 Å². The Balaban J connectivity index is 1.63. The summed E-state index contributed by atoms with van der Waals surface area (Å²) in [5.41, 5.74) is 0.790. The van der Waals surface area contributed by atoms with E-state index in [-0.39, 0.29) is 29.0 Å². The van der Waals surface area contributed by atoms with E-state index >= 15 is 0 Å². The van der Waals surface area contributed by atoms with Crippen molar-refractivity contribution in [1.29, 1.82) is 0 Å². The molecular formula is C23H22O8. The van der Waals surface area contributed by atoms with Crippen LogP contribution < -0.4 is 10.2 Å². The van der Waals surface area contributed by atoms with Crippen molar-refractivity contribution in [3.8, 4) is 17.1 Å². The lowest BCUT2D eigenvalue weighted by Crippen LogP contribution is -2.59. The summed E-state index contributed by atoms with van der Waals surface area (Å²) in [7, 11) is 0. The van der Waals surface area contributed by atoms with Gasteiger partial charge in [-0.2, -0.15) is 0 Å². The lowest BCUT2D eigenvalue weighted by Gasteiger charge is -2.40. The summed E-state index contributed by atoms with van der Waals surface area (Å²) < 4.78 is 17.1. The minimum Gasteiger partial charge on any atom is -0.462 e. The number of aliphatic hydroxyl groups excluding tert-OH is 3. The van der Waals surface area contributed by atoms with Crippen LogP contribution in [0.15, 0.2) is 63.8 Å². The number of Topliss-reactive ketones (excluding diaryl/α,β-unsaturated/α-hetero) is 1. The van der Waals surface area contributed by atoms with Gasteiger partial charge >= 0.3 is 0 Å². The molecule has 0 aliphatic carbocycles. The van der Waals surface area contributed by atoms with Crippen LogP contribution in [-0.4, -0.2) is 51.8 Å². The molecule has 2 heterocycles. The van der Waals surface area contributed by atoms with Crippen molar-refractivity contribution in [3.63, 3.8) is 0 Å². The summed E-state index contributed by atoms with van der Waals surface area (Å²) in [6.45, 7) is 1.33. The second-order valence-electron chi connectivity index (χ2n) is 7.54. The van der Waals surface area contributed by atoms with Gasteiger partial charge in [-0.3, -0.25) is 9.59 Å². The van der Waals surface area contributed by atoms with E-state index in [2.05, 4.69) is 0 Å². The van der Waals surface area contributed by atoms with E-state index in [1.54, 1.807) is 0 Å². The van der Waals surface area contributed by atoms with Gasteiger partial charge in [0, 0.05) is 24.1 Å². The quantitative estimate of drug-likeness (QED) is 0.562. The van der Waals surface area contributed by atoms with E-state index in [4.69, 9.17) is 13.9 Å². The van der Waals surface area contributed by atoms with Gasteiger partial charge in [-0.05, 0) is 19.1 Å². The number of hydrogen-bond donors (Lipinski definition) is 3. The van der Waals surface area contributed by atoms with Gasteiger partial charge in [-0.15, -0.1) is 0 Å². The van der Waals surface area contributed by atoms with E-state index in [9.17, 15) is 24.9 Å². The molecule has 1 aromatic heterocycles. The van der Waals surface area contributed by atoms with E-state index in [1.807, 2.05) is 30.3 Å². The molecule has 162 valence electrons. The second-order valence-corrected chi connectivity index (χ2v) is 7.54. The van der Waals surface area contributed by atoms with Crippen LogP contribution in [0.4, 0.5) is 0 Å². The molecule has 31 heavy (non-hydrogen) atoms. The Kier molecular flexibility index (Phi) is 5.88. The third-order valence-electron chi connectivity index (χ3n) is 5.17. The maximum atomic E-state index is 12.5. The standard InChI is InChI=1S/C23H22O8/c1-12(24)9-19-20(26)21(27)22(28)23(31-19)29-14-7-8-15-16(25)11-17(30-18(15)10-14)13-5-3-2-4-6-13/h2-8,10-11,19-23,26-28H,9H2,1H3/t19-,20-,21+,22-,23-/m1/s1. The second kappa shape index (κ2) is 8.60. The van der Waals surface area contributed by atoms with Crippen LogP contribution in [0, 0.1) is 0 Å². The molecule has 0 unspecified atom stereocenters. The molecule has 1 fully saturated rings. The first kappa shape index (κ1) is 21.2. The molecule has 3 aromatic rings. The SMILES string of the molecule is CC(=O)C[C@H]1O[C@@H](Oc2ccc3c(=O)cc(-c4ccccc4)oc3c2)[C@H](O)[C@@H](O)[C@@H]1O.